The predicted molar refractivity (Wildman–Crippen MR) is 121 cm³/mol. The minimum atomic E-state index is -0.488. The van der Waals surface area contributed by atoms with Crippen LogP contribution in [0.5, 0.6) is 0 Å². The summed E-state index contributed by atoms with van der Waals surface area (Å²) >= 11 is 1.61. The Morgan fingerprint density at radius 3 is 2.58 bits per heavy atom. The number of benzene rings is 2. The van der Waals surface area contributed by atoms with Gasteiger partial charge in [0.15, 0.2) is 0 Å². The number of carbonyl (C=O) groups is 2. The third kappa shape index (κ3) is 2.90. The highest BCUT2D eigenvalue weighted by atomic mass is 32.1. The number of piperazine rings is 1. The molecule has 4 aromatic rings. The number of fused-ring (bicyclic) bond motifs is 4. The number of aromatic amines is 1. The number of para-hydroxylation sites is 1. The van der Waals surface area contributed by atoms with Crippen LogP contribution in [0.15, 0.2) is 72.1 Å². The Balaban J connectivity index is 1.48. The Labute approximate surface area is 183 Å². The summed E-state index contributed by atoms with van der Waals surface area (Å²) in [6, 6.07) is 21.4. The Kier molecular flexibility index (Phi) is 4.21. The maximum atomic E-state index is 13.6. The quantitative estimate of drug-likeness (QED) is 0.535. The molecule has 2 aromatic carbocycles. The number of amides is 2. The number of thiophene rings is 1. The molecule has 0 saturated carbocycles. The molecule has 2 aliphatic rings. The first-order chi connectivity index (χ1) is 15.2. The summed E-state index contributed by atoms with van der Waals surface area (Å²) < 4.78 is 0. The number of carbonyl (C=O) groups excluding carboxylic acids is 2. The van der Waals surface area contributed by atoms with Crippen LogP contribution in [-0.2, 0) is 22.6 Å². The lowest BCUT2D eigenvalue weighted by atomic mass is 9.86. The Hall–Kier alpha value is -3.38. The molecule has 0 spiro atoms. The maximum absolute atomic E-state index is 13.6. The molecule has 4 heterocycles. The van der Waals surface area contributed by atoms with Crippen LogP contribution in [-0.4, -0.2) is 39.2 Å². The van der Waals surface area contributed by atoms with Crippen LogP contribution in [0.1, 0.15) is 27.7 Å². The van der Waals surface area contributed by atoms with E-state index in [1.54, 1.807) is 16.2 Å². The van der Waals surface area contributed by atoms with E-state index in [0.29, 0.717) is 13.0 Å². The van der Waals surface area contributed by atoms with Crippen LogP contribution in [0.3, 0.4) is 0 Å². The van der Waals surface area contributed by atoms with Crippen molar-refractivity contribution in [2.75, 3.05) is 6.54 Å². The normalized spacial score (nSPS) is 20.8. The van der Waals surface area contributed by atoms with Gasteiger partial charge in [0.1, 0.15) is 12.6 Å². The first-order valence-corrected chi connectivity index (χ1v) is 11.4. The number of nitrogens with zero attached hydrogens (tertiary/aromatic N) is 2. The lowest BCUT2D eigenvalue weighted by molar-refractivity contribution is -0.159. The average molecular weight is 428 g/mol. The predicted octanol–water partition coefficient (Wildman–Crippen LogP) is 4.11. The second-order valence-corrected chi connectivity index (χ2v) is 9.20. The van der Waals surface area contributed by atoms with E-state index < -0.39 is 6.04 Å². The zero-order valence-corrected chi connectivity index (χ0v) is 17.6. The lowest BCUT2D eigenvalue weighted by Gasteiger charge is -2.47. The van der Waals surface area contributed by atoms with Crippen molar-refractivity contribution in [2.24, 2.45) is 0 Å². The molecule has 2 amide bonds. The SMILES string of the molecule is O=C1C2Cc3c([nH]c4ccccc34)C(c3ccccc3)N2C(=O)CN1Cc1cccs1. The molecule has 0 aliphatic carbocycles. The van der Waals surface area contributed by atoms with Gasteiger partial charge in [-0.15, -0.1) is 11.3 Å². The molecule has 2 aromatic heterocycles. The molecule has 1 N–H and O–H groups in total. The summed E-state index contributed by atoms with van der Waals surface area (Å²) in [4.78, 5) is 35.2. The van der Waals surface area contributed by atoms with Crippen LogP contribution in [0.2, 0.25) is 0 Å². The summed E-state index contributed by atoms with van der Waals surface area (Å²) in [5.74, 6) is 0.0316. The van der Waals surface area contributed by atoms with Crippen LogP contribution >= 0.6 is 11.3 Å². The fourth-order valence-electron chi connectivity index (χ4n) is 5.03. The molecule has 0 bridgehead atoms. The second kappa shape index (κ2) is 7.10. The van der Waals surface area contributed by atoms with Crippen molar-refractivity contribution < 1.29 is 9.59 Å². The van der Waals surface area contributed by atoms with Gasteiger partial charge in [-0.3, -0.25) is 9.59 Å². The second-order valence-electron chi connectivity index (χ2n) is 8.17. The van der Waals surface area contributed by atoms with Gasteiger partial charge >= 0.3 is 0 Å². The summed E-state index contributed by atoms with van der Waals surface area (Å²) in [5, 5.41) is 3.14. The monoisotopic (exact) mass is 427 g/mol. The van der Waals surface area contributed by atoms with Crippen LogP contribution in [0, 0.1) is 0 Å². The molecule has 0 radical (unpaired) electrons. The van der Waals surface area contributed by atoms with Crippen molar-refractivity contribution in [3.63, 3.8) is 0 Å². The standard InChI is InChI=1S/C25H21N3O2S/c29-22-15-27(14-17-9-6-12-31-17)25(30)21-13-19-18-10-4-5-11-20(18)26-23(19)24(28(21)22)16-7-2-1-3-8-16/h1-12,21,24,26H,13-15H2. The van der Waals surface area contributed by atoms with Gasteiger partial charge in [-0.1, -0.05) is 54.6 Å². The molecule has 2 atom stereocenters. The smallest absolute Gasteiger partial charge is 0.246 e. The van der Waals surface area contributed by atoms with Crippen molar-refractivity contribution in [3.8, 4) is 0 Å². The van der Waals surface area contributed by atoms with E-state index in [0.717, 1.165) is 32.6 Å². The zero-order valence-electron chi connectivity index (χ0n) is 16.8. The van der Waals surface area contributed by atoms with Gasteiger partial charge in [0, 0.05) is 27.9 Å². The van der Waals surface area contributed by atoms with Crippen LogP contribution < -0.4 is 0 Å². The van der Waals surface area contributed by atoms with E-state index in [4.69, 9.17) is 0 Å². The van der Waals surface area contributed by atoms with Crippen molar-refractivity contribution in [3.05, 3.63) is 93.8 Å². The van der Waals surface area contributed by atoms with Gasteiger partial charge in [0.05, 0.1) is 12.6 Å². The van der Waals surface area contributed by atoms with Crippen molar-refractivity contribution in [1.29, 1.82) is 0 Å². The van der Waals surface area contributed by atoms with E-state index in [2.05, 4.69) is 17.1 Å². The molecule has 5 nitrogen and oxygen atoms in total. The number of nitrogens with one attached hydrogen (secondary N) is 1. The molecule has 6 heteroatoms. The topological polar surface area (TPSA) is 56.4 Å². The molecule has 31 heavy (non-hydrogen) atoms. The first-order valence-electron chi connectivity index (χ1n) is 10.5. The number of rotatable bonds is 3. The third-order valence-electron chi connectivity index (χ3n) is 6.38. The van der Waals surface area contributed by atoms with Gasteiger partial charge in [0.2, 0.25) is 11.8 Å². The summed E-state index contributed by atoms with van der Waals surface area (Å²) in [6.45, 7) is 0.607. The van der Waals surface area contributed by atoms with Crippen molar-refractivity contribution in [1.82, 2.24) is 14.8 Å². The summed E-state index contributed by atoms with van der Waals surface area (Å²) in [7, 11) is 0. The highest BCUT2D eigenvalue weighted by Gasteiger charge is 2.48. The molecule has 6 rings (SSSR count). The van der Waals surface area contributed by atoms with E-state index in [-0.39, 0.29) is 24.4 Å². The molecule has 1 saturated heterocycles. The highest BCUT2D eigenvalue weighted by Crippen LogP contribution is 2.42. The Morgan fingerprint density at radius 2 is 1.77 bits per heavy atom. The number of hydrogen-bond donors (Lipinski definition) is 1. The number of hydrogen-bond acceptors (Lipinski definition) is 3. The number of aromatic nitrogens is 1. The van der Waals surface area contributed by atoms with Crippen LogP contribution in [0.25, 0.3) is 10.9 Å². The van der Waals surface area contributed by atoms with E-state index in [1.165, 1.54) is 0 Å². The first kappa shape index (κ1) is 18.4. The molecule has 1 fully saturated rings. The van der Waals surface area contributed by atoms with Gasteiger partial charge < -0.3 is 14.8 Å². The minimum Gasteiger partial charge on any atom is -0.356 e. The minimum absolute atomic E-state index is 0.000634. The van der Waals surface area contributed by atoms with E-state index >= 15 is 0 Å². The third-order valence-corrected chi connectivity index (χ3v) is 7.25. The fourth-order valence-corrected chi connectivity index (χ4v) is 5.75. The van der Waals surface area contributed by atoms with E-state index in [1.807, 2.05) is 64.9 Å². The molecule has 2 aliphatic heterocycles. The molecular formula is C25H21N3O2S. The van der Waals surface area contributed by atoms with Gasteiger partial charge in [-0.25, -0.2) is 0 Å². The average Bonchev–Trinajstić information content (AvgIpc) is 3.44. The number of H-pyrrole nitrogens is 1. The van der Waals surface area contributed by atoms with Gasteiger partial charge in [-0.2, -0.15) is 0 Å². The zero-order chi connectivity index (χ0) is 20.9. The van der Waals surface area contributed by atoms with E-state index in [9.17, 15) is 9.59 Å². The van der Waals surface area contributed by atoms with Gasteiger partial charge in [-0.05, 0) is 28.6 Å². The van der Waals surface area contributed by atoms with Crippen molar-refractivity contribution >= 4 is 34.1 Å². The Bertz CT molecular complexity index is 1280. The largest absolute Gasteiger partial charge is 0.356 e. The van der Waals surface area contributed by atoms with Crippen molar-refractivity contribution in [2.45, 2.75) is 25.0 Å². The summed E-state index contributed by atoms with van der Waals surface area (Å²) in [6.07, 6.45) is 0.536. The maximum Gasteiger partial charge on any atom is 0.246 e. The molecule has 154 valence electrons. The van der Waals surface area contributed by atoms with Crippen LogP contribution in [0.4, 0.5) is 0 Å². The summed E-state index contributed by atoms with van der Waals surface area (Å²) in [5.41, 5.74) is 4.23. The highest BCUT2D eigenvalue weighted by molar-refractivity contribution is 7.09. The molecular weight excluding hydrogens is 406 g/mol. The molecule has 2 unspecified atom stereocenters. The lowest BCUT2D eigenvalue weighted by Crippen LogP contribution is -2.62. The Morgan fingerprint density at radius 1 is 0.968 bits per heavy atom. The van der Waals surface area contributed by atoms with Gasteiger partial charge in [0.25, 0.3) is 0 Å². The fraction of sp³-hybridized carbons (Fsp3) is 0.200.